The fourth-order valence-corrected chi connectivity index (χ4v) is 4.90. The summed E-state index contributed by atoms with van der Waals surface area (Å²) < 4.78 is 2.24. The number of fused-ring (bicyclic) bond motifs is 1. The van der Waals surface area contributed by atoms with Gasteiger partial charge >= 0.3 is 0 Å². The maximum Gasteiger partial charge on any atom is 0.251 e. The van der Waals surface area contributed by atoms with E-state index in [1.807, 2.05) is 37.7 Å². The number of benzene rings is 3. The molecule has 4 rings (SSSR count). The molecule has 0 saturated heterocycles. The monoisotopic (exact) mass is 428 g/mol. The number of aromatic nitrogens is 1. The van der Waals surface area contributed by atoms with Crippen molar-refractivity contribution in [2.45, 2.75) is 38.0 Å². The summed E-state index contributed by atoms with van der Waals surface area (Å²) in [7, 11) is 0. The number of rotatable bonds is 7. The zero-order valence-electron chi connectivity index (χ0n) is 18.3. The van der Waals surface area contributed by atoms with Gasteiger partial charge in [-0.3, -0.25) is 4.79 Å². The number of carbonyl (C=O) groups excluding carboxylic acids is 1. The molecule has 4 heteroatoms. The van der Waals surface area contributed by atoms with Crippen molar-refractivity contribution in [3.63, 3.8) is 0 Å². The molecule has 0 aliphatic carbocycles. The van der Waals surface area contributed by atoms with Crippen LogP contribution in [0.25, 0.3) is 10.9 Å². The second-order valence-electron chi connectivity index (χ2n) is 8.11. The predicted molar refractivity (Wildman–Crippen MR) is 131 cm³/mol. The number of nitrogens with zero attached hydrogens (tertiary/aromatic N) is 1. The molecule has 0 spiro atoms. The SMILES string of the molecule is Cc1ccc(CSc2cn(CCNC(=O)c3cc(C)cc(C)c3)c3ccccc23)cc1. The van der Waals surface area contributed by atoms with Crippen LogP contribution >= 0.6 is 11.8 Å². The van der Waals surface area contributed by atoms with E-state index < -0.39 is 0 Å². The van der Waals surface area contributed by atoms with Crippen LogP contribution in [0.15, 0.2) is 77.8 Å². The molecular formula is C27H28N2OS. The van der Waals surface area contributed by atoms with E-state index in [0.29, 0.717) is 6.54 Å². The van der Waals surface area contributed by atoms with Crippen molar-refractivity contribution in [1.82, 2.24) is 9.88 Å². The molecule has 31 heavy (non-hydrogen) atoms. The first-order valence-corrected chi connectivity index (χ1v) is 11.6. The fraction of sp³-hybridized carbons (Fsp3) is 0.222. The summed E-state index contributed by atoms with van der Waals surface area (Å²) in [4.78, 5) is 13.8. The summed E-state index contributed by atoms with van der Waals surface area (Å²) in [6.45, 7) is 7.48. The van der Waals surface area contributed by atoms with E-state index in [9.17, 15) is 4.79 Å². The summed E-state index contributed by atoms with van der Waals surface area (Å²) >= 11 is 1.86. The van der Waals surface area contributed by atoms with Gasteiger partial charge in [-0.1, -0.05) is 65.2 Å². The Hall–Kier alpha value is -2.98. The van der Waals surface area contributed by atoms with Gasteiger partial charge in [-0.15, -0.1) is 11.8 Å². The molecule has 0 aliphatic heterocycles. The zero-order chi connectivity index (χ0) is 21.8. The van der Waals surface area contributed by atoms with Crippen molar-refractivity contribution >= 4 is 28.6 Å². The van der Waals surface area contributed by atoms with Crippen LogP contribution in [0.4, 0.5) is 0 Å². The lowest BCUT2D eigenvalue weighted by molar-refractivity contribution is 0.0952. The highest BCUT2D eigenvalue weighted by molar-refractivity contribution is 7.98. The third-order valence-electron chi connectivity index (χ3n) is 5.39. The minimum absolute atomic E-state index is 0.0165. The number of thioether (sulfide) groups is 1. The van der Waals surface area contributed by atoms with E-state index in [-0.39, 0.29) is 5.91 Å². The Morgan fingerprint density at radius 3 is 2.35 bits per heavy atom. The molecule has 0 atom stereocenters. The highest BCUT2D eigenvalue weighted by atomic mass is 32.2. The molecule has 0 saturated carbocycles. The van der Waals surface area contributed by atoms with Crippen molar-refractivity contribution in [2.75, 3.05) is 6.54 Å². The molecule has 3 nitrogen and oxygen atoms in total. The summed E-state index contributed by atoms with van der Waals surface area (Å²) in [5, 5.41) is 4.34. The predicted octanol–water partition coefficient (Wildman–Crippen LogP) is 6.29. The molecule has 0 fully saturated rings. The molecule has 158 valence electrons. The minimum Gasteiger partial charge on any atom is -0.350 e. The summed E-state index contributed by atoms with van der Waals surface area (Å²) in [5.74, 6) is 0.926. The lowest BCUT2D eigenvalue weighted by Gasteiger charge is -2.09. The molecule has 1 heterocycles. The lowest BCUT2D eigenvalue weighted by atomic mass is 10.1. The largest absolute Gasteiger partial charge is 0.350 e. The quantitative estimate of drug-likeness (QED) is 0.351. The molecule has 4 aromatic rings. The van der Waals surface area contributed by atoms with Gasteiger partial charge in [-0.2, -0.15) is 0 Å². The summed E-state index contributed by atoms with van der Waals surface area (Å²) in [6.07, 6.45) is 2.21. The van der Waals surface area contributed by atoms with E-state index in [1.54, 1.807) is 0 Å². The van der Waals surface area contributed by atoms with Crippen molar-refractivity contribution in [1.29, 1.82) is 0 Å². The Morgan fingerprint density at radius 2 is 1.61 bits per heavy atom. The number of para-hydroxylation sites is 1. The smallest absolute Gasteiger partial charge is 0.251 e. The summed E-state index contributed by atoms with van der Waals surface area (Å²) in [5.41, 5.74) is 6.76. The maximum absolute atomic E-state index is 12.6. The van der Waals surface area contributed by atoms with Crippen molar-refractivity contribution < 1.29 is 4.79 Å². The van der Waals surface area contributed by atoms with Crippen LogP contribution in [0.1, 0.15) is 32.6 Å². The van der Waals surface area contributed by atoms with Crippen molar-refractivity contribution in [3.05, 3.63) is 101 Å². The van der Waals surface area contributed by atoms with Gasteiger partial charge in [0.1, 0.15) is 0 Å². The normalized spacial score (nSPS) is 11.1. The first-order chi connectivity index (χ1) is 15.0. The maximum atomic E-state index is 12.6. The molecule has 1 N–H and O–H groups in total. The number of hydrogen-bond acceptors (Lipinski definition) is 2. The fourth-order valence-electron chi connectivity index (χ4n) is 3.86. The van der Waals surface area contributed by atoms with E-state index in [1.165, 1.54) is 26.9 Å². The Kier molecular flexibility index (Phi) is 6.47. The first-order valence-electron chi connectivity index (χ1n) is 10.6. The van der Waals surface area contributed by atoms with Gasteiger partial charge in [0, 0.05) is 46.4 Å². The van der Waals surface area contributed by atoms with Gasteiger partial charge in [0.05, 0.1) is 0 Å². The molecule has 1 amide bonds. The third-order valence-corrected chi connectivity index (χ3v) is 6.50. The van der Waals surface area contributed by atoms with Crippen LogP contribution in [-0.2, 0) is 12.3 Å². The van der Waals surface area contributed by atoms with Crippen LogP contribution in [0.5, 0.6) is 0 Å². The van der Waals surface area contributed by atoms with Crippen LogP contribution in [0.2, 0.25) is 0 Å². The second kappa shape index (κ2) is 9.44. The van der Waals surface area contributed by atoms with Crippen LogP contribution < -0.4 is 5.32 Å². The molecular weight excluding hydrogens is 400 g/mol. The van der Waals surface area contributed by atoms with Crippen LogP contribution in [-0.4, -0.2) is 17.0 Å². The number of amides is 1. The average molecular weight is 429 g/mol. The Labute approximate surface area is 188 Å². The average Bonchev–Trinajstić information content (AvgIpc) is 3.10. The molecule has 3 aromatic carbocycles. The highest BCUT2D eigenvalue weighted by Gasteiger charge is 2.10. The molecule has 1 aromatic heterocycles. The summed E-state index contributed by atoms with van der Waals surface area (Å²) in [6, 6.07) is 23.2. The van der Waals surface area contributed by atoms with Crippen molar-refractivity contribution in [2.24, 2.45) is 0 Å². The molecule has 0 aliphatic rings. The number of hydrogen-bond donors (Lipinski definition) is 1. The number of nitrogens with one attached hydrogen (secondary N) is 1. The zero-order valence-corrected chi connectivity index (χ0v) is 19.1. The van der Waals surface area contributed by atoms with E-state index >= 15 is 0 Å². The van der Waals surface area contributed by atoms with Gasteiger partial charge in [0.25, 0.3) is 5.91 Å². The third kappa shape index (κ3) is 5.20. The van der Waals surface area contributed by atoms with Crippen LogP contribution in [0, 0.1) is 20.8 Å². The van der Waals surface area contributed by atoms with E-state index in [4.69, 9.17) is 0 Å². The van der Waals surface area contributed by atoms with Gasteiger partial charge in [-0.05, 0) is 44.5 Å². The molecule has 0 unspecified atom stereocenters. The number of aryl methyl sites for hydroxylation is 3. The van der Waals surface area contributed by atoms with Gasteiger partial charge in [0.15, 0.2) is 0 Å². The van der Waals surface area contributed by atoms with E-state index in [0.717, 1.165) is 29.0 Å². The standard InChI is InChI=1S/C27H28N2OS/c1-19-8-10-22(11-9-19)18-31-26-17-29(25-7-5-4-6-24(25)26)13-12-28-27(30)23-15-20(2)14-21(3)16-23/h4-11,14-17H,12-13,18H2,1-3H3,(H,28,30). The van der Waals surface area contributed by atoms with Crippen molar-refractivity contribution in [3.8, 4) is 0 Å². The van der Waals surface area contributed by atoms with Gasteiger partial charge in [0.2, 0.25) is 0 Å². The molecule has 0 bridgehead atoms. The first kappa shape index (κ1) is 21.3. The molecule has 0 radical (unpaired) electrons. The topological polar surface area (TPSA) is 34.0 Å². The van der Waals surface area contributed by atoms with E-state index in [2.05, 4.69) is 77.6 Å². The van der Waals surface area contributed by atoms with Crippen LogP contribution in [0.3, 0.4) is 0 Å². The Balaban J connectivity index is 1.44. The Morgan fingerprint density at radius 1 is 0.903 bits per heavy atom. The second-order valence-corrected chi connectivity index (χ2v) is 9.13. The minimum atomic E-state index is -0.0165. The number of carbonyl (C=O) groups is 1. The lowest BCUT2D eigenvalue weighted by Crippen LogP contribution is -2.27. The van der Waals surface area contributed by atoms with Gasteiger partial charge in [-0.25, -0.2) is 0 Å². The highest BCUT2D eigenvalue weighted by Crippen LogP contribution is 2.32. The Bertz CT molecular complexity index is 1190. The van der Waals surface area contributed by atoms with Gasteiger partial charge < -0.3 is 9.88 Å².